The van der Waals surface area contributed by atoms with Gasteiger partial charge in [0.2, 0.25) is 0 Å². The second-order valence-electron chi connectivity index (χ2n) is 7.83. The van der Waals surface area contributed by atoms with Crippen LogP contribution in [-0.4, -0.2) is 47.6 Å². The van der Waals surface area contributed by atoms with Crippen molar-refractivity contribution >= 4 is 23.3 Å². The second kappa shape index (κ2) is 9.86. The lowest BCUT2D eigenvalue weighted by molar-refractivity contribution is -0.137. The third kappa shape index (κ3) is 5.48. The van der Waals surface area contributed by atoms with Crippen LogP contribution in [0.3, 0.4) is 0 Å². The Morgan fingerprint density at radius 1 is 1.29 bits per heavy atom. The Bertz CT molecular complexity index is 1160. The molecular weight excluding hydrogens is 453 g/mol. The summed E-state index contributed by atoms with van der Waals surface area (Å²) in [5.41, 5.74) is 4.41. The number of rotatable bonds is 5. The molecule has 0 saturated carbocycles. The van der Waals surface area contributed by atoms with Crippen molar-refractivity contribution in [1.29, 1.82) is 5.26 Å². The molecule has 1 aromatic carbocycles. The van der Waals surface area contributed by atoms with Gasteiger partial charge >= 0.3 is 12.3 Å². The first kappa shape index (κ1) is 24.6. The summed E-state index contributed by atoms with van der Waals surface area (Å²) in [7, 11) is 1.29. The molecule has 0 radical (unpaired) electrons. The summed E-state index contributed by atoms with van der Waals surface area (Å²) in [4.78, 5) is 32.6. The number of nitrogens with one attached hydrogen (secondary N) is 2. The molecule has 1 aromatic heterocycles. The van der Waals surface area contributed by atoms with Gasteiger partial charge in [0.05, 0.1) is 42.1 Å². The van der Waals surface area contributed by atoms with Crippen molar-refractivity contribution in [2.45, 2.75) is 31.0 Å². The van der Waals surface area contributed by atoms with Crippen molar-refractivity contribution in [3.8, 4) is 6.07 Å². The van der Waals surface area contributed by atoms with Crippen molar-refractivity contribution < 1.29 is 22.7 Å². The fourth-order valence-corrected chi connectivity index (χ4v) is 3.79. The third-order valence-corrected chi connectivity index (χ3v) is 5.63. The van der Waals surface area contributed by atoms with Gasteiger partial charge in [-0.05, 0) is 43.2 Å². The number of nitrogens with two attached hydrogens (primary N) is 1. The monoisotopic (exact) mass is 476 g/mol. The maximum absolute atomic E-state index is 12.8. The molecule has 0 atom stereocenters. The number of methoxy groups -OCH3 is 1. The molecular formula is C22H23F3N6O3. The van der Waals surface area contributed by atoms with Gasteiger partial charge in [-0.2, -0.15) is 18.4 Å². The molecule has 0 bridgehead atoms. The van der Waals surface area contributed by atoms with Crippen molar-refractivity contribution in [2.75, 3.05) is 25.5 Å². The number of hydrogen-bond acceptors (Lipinski definition) is 6. The lowest BCUT2D eigenvalue weighted by atomic mass is 9.84. The van der Waals surface area contributed by atoms with E-state index in [1.54, 1.807) is 6.07 Å². The van der Waals surface area contributed by atoms with Gasteiger partial charge in [-0.1, -0.05) is 0 Å². The van der Waals surface area contributed by atoms with Gasteiger partial charge in [-0.25, -0.2) is 9.79 Å². The molecule has 12 heteroatoms. The molecule has 1 aliphatic heterocycles. The van der Waals surface area contributed by atoms with E-state index in [9.17, 15) is 28.0 Å². The minimum Gasteiger partial charge on any atom is -0.453 e. The van der Waals surface area contributed by atoms with E-state index >= 15 is 0 Å². The number of piperidine rings is 1. The lowest BCUT2D eigenvalue weighted by Gasteiger charge is -2.41. The van der Waals surface area contributed by atoms with Gasteiger partial charge in [0.1, 0.15) is 11.4 Å². The molecule has 180 valence electrons. The predicted molar refractivity (Wildman–Crippen MR) is 119 cm³/mol. The number of H-pyrrole nitrogens is 1. The first-order valence-corrected chi connectivity index (χ1v) is 10.3. The summed E-state index contributed by atoms with van der Waals surface area (Å²) in [6.45, 7) is 0.685. The lowest BCUT2D eigenvalue weighted by Crippen LogP contribution is -2.51. The van der Waals surface area contributed by atoms with Crippen LogP contribution in [0.2, 0.25) is 0 Å². The highest BCUT2D eigenvalue weighted by Gasteiger charge is 2.37. The summed E-state index contributed by atoms with van der Waals surface area (Å²) < 4.78 is 43.1. The number of hydrogen-bond donors (Lipinski definition) is 3. The SMILES string of the molecule is COC(=O)N1CCC(CC#N)(Nc2cc[nH]c(=O)c2C(N)=Nc2ccc(C(F)(F)F)cc2)CC1. The number of aromatic nitrogens is 1. The number of carbonyl (C=O) groups excluding carboxylic acids is 1. The highest BCUT2D eigenvalue weighted by atomic mass is 19.4. The molecule has 1 aliphatic rings. The number of likely N-dealkylation sites (tertiary alicyclic amines) is 1. The molecule has 9 nitrogen and oxygen atoms in total. The first-order chi connectivity index (χ1) is 16.1. The average molecular weight is 476 g/mol. The Kier molecular flexibility index (Phi) is 7.14. The third-order valence-electron chi connectivity index (χ3n) is 5.63. The Morgan fingerprint density at radius 2 is 1.94 bits per heavy atom. The number of halogens is 3. The number of aromatic amines is 1. The Morgan fingerprint density at radius 3 is 2.50 bits per heavy atom. The van der Waals surface area contributed by atoms with Gasteiger partial charge in [-0.15, -0.1) is 0 Å². The van der Waals surface area contributed by atoms with Crippen LogP contribution in [0.1, 0.15) is 30.4 Å². The van der Waals surface area contributed by atoms with Crippen LogP contribution in [0.5, 0.6) is 0 Å². The van der Waals surface area contributed by atoms with Crippen LogP contribution in [0.15, 0.2) is 46.3 Å². The number of benzene rings is 1. The summed E-state index contributed by atoms with van der Waals surface area (Å²) in [5.74, 6) is -0.205. The molecule has 4 N–H and O–H groups in total. The maximum Gasteiger partial charge on any atom is 0.416 e. The van der Waals surface area contributed by atoms with Gasteiger partial charge in [0.25, 0.3) is 5.56 Å². The molecule has 3 rings (SSSR count). The number of nitriles is 1. The van der Waals surface area contributed by atoms with Gasteiger partial charge in [0.15, 0.2) is 0 Å². The molecule has 0 unspecified atom stereocenters. The molecule has 2 aromatic rings. The van der Waals surface area contributed by atoms with Crippen molar-refractivity contribution in [3.63, 3.8) is 0 Å². The van der Waals surface area contributed by atoms with E-state index in [-0.39, 0.29) is 23.5 Å². The molecule has 34 heavy (non-hydrogen) atoms. The number of carbonyl (C=O) groups is 1. The van der Waals surface area contributed by atoms with E-state index in [1.807, 2.05) is 0 Å². The number of aliphatic imine (C=N–C) groups is 1. The number of amides is 1. The van der Waals surface area contributed by atoms with Crippen LogP contribution < -0.4 is 16.6 Å². The molecule has 1 fully saturated rings. The topological polar surface area (TPSA) is 137 Å². The number of alkyl halides is 3. The summed E-state index contributed by atoms with van der Waals surface area (Å²) in [6.07, 6.45) is -2.61. The minimum atomic E-state index is -4.49. The highest BCUT2D eigenvalue weighted by Crippen LogP contribution is 2.32. The van der Waals surface area contributed by atoms with Gasteiger partial charge in [-0.3, -0.25) is 4.79 Å². The minimum absolute atomic E-state index is 0.00453. The fourth-order valence-electron chi connectivity index (χ4n) is 3.79. The summed E-state index contributed by atoms with van der Waals surface area (Å²) in [5, 5.41) is 12.6. The maximum atomic E-state index is 12.8. The summed E-state index contributed by atoms with van der Waals surface area (Å²) >= 11 is 0. The Labute approximate surface area is 193 Å². The molecule has 0 aliphatic carbocycles. The number of ether oxygens (including phenoxy) is 1. The molecule has 2 heterocycles. The van der Waals surface area contributed by atoms with E-state index in [2.05, 4.69) is 21.4 Å². The predicted octanol–water partition coefficient (Wildman–Crippen LogP) is 3.36. The van der Waals surface area contributed by atoms with Crippen LogP contribution >= 0.6 is 0 Å². The van der Waals surface area contributed by atoms with E-state index in [4.69, 9.17) is 10.5 Å². The van der Waals surface area contributed by atoms with Crippen molar-refractivity contribution in [2.24, 2.45) is 10.7 Å². The van der Waals surface area contributed by atoms with Crippen molar-refractivity contribution in [1.82, 2.24) is 9.88 Å². The zero-order valence-corrected chi connectivity index (χ0v) is 18.3. The molecule has 0 spiro atoms. The van der Waals surface area contributed by atoms with Gasteiger partial charge < -0.3 is 25.7 Å². The highest BCUT2D eigenvalue weighted by molar-refractivity contribution is 6.03. The van der Waals surface area contributed by atoms with Crippen LogP contribution in [0.4, 0.5) is 29.3 Å². The van der Waals surface area contributed by atoms with E-state index in [0.29, 0.717) is 31.6 Å². The van der Waals surface area contributed by atoms with E-state index in [0.717, 1.165) is 24.3 Å². The number of anilines is 1. The second-order valence-corrected chi connectivity index (χ2v) is 7.83. The average Bonchev–Trinajstić information content (AvgIpc) is 2.79. The largest absolute Gasteiger partial charge is 0.453 e. The normalized spacial score (nSPS) is 16.0. The Hall–Kier alpha value is -4.01. The van der Waals surface area contributed by atoms with Crippen molar-refractivity contribution in [3.05, 3.63) is 58.0 Å². The molecule has 1 amide bonds. The number of amidine groups is 1. The Balaban J connectivity index is 1.90. The van der Waals surface area contributed by atoms with Gasteiger partial charge in [0, 0.05) is 19.3 Å². The fraction of sp³-hybridized carbons (Fsp3) is 0.364. The molecule has 1 saturated heterocycles. The number of pyridine rings is 1. The number of nitrogens with zero attached hydrogens (tertiary/aromatic N) is 3. The smallest absolute Gasteiger partial charge is 0.416 e. The first-order valence-electron chi connectivity index (χ1n) is 10.3. The van der Waals surface area contributed by atoms with Crippen LogP contribution in [0.25, 0.3) is 0 Å². The quantitative estimate of drug-likeness (QED) is 0.447. The van der Waals surface area contributed by atoms with E-state index < -0.39 is 28.9 Å². The van der Waals surface area contributed by atoms with Crippen LogP contribution in [-0.2, 0) is 10.9 Å². The van der Waals surface area contributed by atoms with E-state index in [1.165, 1.54) is 18.2 Å². The summed E-state index contributed by atoms with van der Waals surface area (Å²) in [6, 6.07) is 7.76. The standard InChI is InChI=1S/C22H23F3N6O3/c1-34-20(33)31-12-8-21(7-10-26,9-13-31)30-16-6-11-28-19(32)17(16)18(27)29-15-4-2-14(3-5-15)22(23,24)25/h2-6,11H,7-9,12-13H2,1H3,(H2,27,29)(H2,28,30,32). The zero-order valence-electron chi connectivity index (χ0n) is 18.3. The zero-order chi connectivity index (χ0) is 24.9. The van der Waals surface area contributed by atoms with Crippen LogP contribution in [0, 0.1) is 11.3 Å².